The number of rotatable bonds is 9. The lowest BCUT2D eigenvalue weighted by Crippen LogP contribution is -2.49. The zero-order valence-corrected chi connectivity index (χ0v) is 15.8. The summed E-state index contributed by atoms with van der Waals surface area (Å²) < 4.78 is 0. The normalized spacial score (nSPS) is 13.2. The molecule has 0 saturated heterocycles. The van der Waals surface area contributed by atoms with Crippen LogP contribution in [-0.2, 0) is 14.4 Å². The van der Waals surface area contributed by atoms with Crippen LogP contribution in [0.15, 0.2) is 0 Å². The first-order valence-corrected chi connectivity index (χ1v) is 8.34. The van der Waals surface area contributed by atoms with Crippen molar-refractivity contribution in [2.75, 3.05) is 13.1 Å². The summed E-state index contributed by atoms with van der Waals surface area (Å²) in [6, 6.07) is -0.828. The summed E-state index contributed by atoms with van der Waals surface area (Å²) in [5, 5.41) is 17.4. The SMILES string of the molecule is CC(C)(C)CC(=O)N[C@H](CCC(=O)O)C(=O)NCCNC(C)(C)C. The lowest BCUT2D eigenvalue weighted by molar-refractivity contribution is -0.138. The van der Waals surface area contributed by atoms with E-state index in [4.69, 9.17) is 5.11 Å². The second-order valence-corrected chi connectivity index (χ2v) is 8.26. The quantitative estimate of drug-likeness (QED) is 0.472. The van der Waals surface area contributed by atoms with Gasteiger partial charge in [0, 0.05) is 31.5 Å². The molecule has 0 aliphatic carbocycles. The van der Waals surface area contributed by atoms with Crippen LogP contribution in [0.2, 0.25) is 0 Å². The Labute approximate surface area is 145 Å². The van der Waals surface area contributed by atoms with E-state index in [2.05, 4.69) is 16.0 Å². The number of amides is 2. The van der Waals surface area contributed by atoms with Crippen LogP contribution in [0.1, 0.15) is 60.8 Å². The van der Waals surface area contributed by atoms with Gasteiger partial charge in [0.05, 0.1) is 0 Å². The fraction of sp³-hybridized carbons (Fsp3) is 0.824. The number of carbonyl (C=O) groups is 3. The molecule has 140 valence electrons. The van der Waals surface area contributed by atoms with Crippen LogP contribution < -0.4 is 16.0 Å². The third-order valence-corrected chi connectivity index (χ3v) is 3.07. The highest BCUT2D eigenvalue weighted by molar-refractivity contribution is 5.88. The van der Waals surface area contributed by atoms with Gasteiger partial charge >= 0.3 is 5.97 Å². The molecule has 2 amide bonds. The molecule has 1 atom stereocenters. The van der Waals surface area contributed by atoms with Gasteiger partial charge in [-0.05, 0) is 32.6 Å². The first kappa shape index (κ1) is 22.4. The van der Waals surface area contributed by atoms with E-state index in [1.165, 1.54) is 0 Å². The summed E-state index contributed by atoms with van der Waals surface area (Å²) >= 11 is 0. The number of nitrogens with one attached hydrogen (secondary N) is 3. The molecule has 7 nitrogen and oxygen atoms in total. The Morgan fingerprint density at radius 2 is 1.58 bits per heavy atom. The fourth-order valence-corrected chi connectivity index (χ4v) is 2.01. The highest BCUT2D eigenvalue weighted by Crippen LogP contribution is 2.18. The number of carboxylic acid groups (broad SMARTS) is 1. The number of hydrogen-bond acceptors (Lipinski definition) is 4. The van der Waals surface area contributed by atoms with Crippen molar-refractivity contribution < 1.29 is 19.5 Å². The maximum Gasteiger partial charge on any atom is 0.303 e. The van der Waals surface area contributed by atoms with Crippen molar-refractivity contribution in [1.82, 2.24) is 16.0 Å². The Morgan fingerprint density at radius 1 is 1.00 bits per heavy atom. The van der Waals surface area contributed by atoms with Crippen molar-refractivity contribution in [3.05, 3.63) is 0 Å². The molecular formula is C17H33N3O4. The van der Waals surface area contributed by atoms with E-state index >= 15 is 0 Å². The molecule has 0 heterocycles. The Kier molecular flexibility index (Phi) is 8.96. The van der Waals surface area contributed by atoms with Gasteiger partial charge in [0.1, 0.15) is 6.04 Å². The highest BCUT2D eigenvalue weighted by atomic mass is 16.4. The molecule has 7 heteroatoms. The predicted octanol–water partition coefficient (Wildman–Crippen LogP) is 1.28. The van der Waals surface area contributed by atoms with E-state index in [0.717, 1.165) is 0 Å². The third kappa shape index (κ3) is 12.9. The summed E-state index contributed by atoms with van der Waals surface area (Å²) in [5.74, 6) is -1.60. The minimum atomic E-state index is -0.993. The number of hydrogen-bond donors (Lipinski definition) is 4. The number of aliphatic carboxylic acids is 1. The smallest absolute Gasteiger partial charge is 0.303 e. The van der Waals surface area contributed by atoms with E-state index < -0.39 is 12.0 Å². The van der Waals surface area contributed by atoms with Crippen molar-refractivity contribution in [3.63, 3.8) is 0 Å². The predicted molar refractivity (Wildman–Crippen MR) is 93.6 cm³/mol. The summed E-state index contributed by atoms with van der Waals surface area (Å²) in [7, 11) is 0. The van der Waals surface area contributed by atoms with Crippen molar-refractivity contribution in [3.8, 4) is 0 Å². The van der Waals surface area contributed by atoms with E-state index in [1.54, 1.807) is 0 Å². The minimum Gasteiger partial charge on any atom is -0.481 e. The van der Waals surface area contributed by atoms with Crippen LogP contribution in [0.25, 0.3) is 0 Å². The van der Waals surface area contributed by atoms with Crippen LogP contribution in [-0.4, -0.2) is 47.6 Å². The minimum absolute atomic E-state index is 0.0473. The molecule has 0 aliphatic rings. The molecule has 0 aliphatic heterocycles. The van der Waals surface area contributed by atoms with Crippen molar-refractivity contribution >= 4 is 17.8 Å². The van der Waals surface area contributed by atoms with Crippen LogP contribution in [0, 0.1) is 5.41 Å². The number of carbonyl (C=O) groups excluding carboxylic acids is 2. The first-order valence-electron chi connectivity index (χ1n) is 8.34. The second-order valence-electron chi connectivity index (χ2n) is 8.26. The summed E-state index contributed by atoms with van der Waals surface area (Å²) in [6.07, 6.45) is 0.174. The van der Waals surface area contributed by atoms with Crippen LogP contribution >= 0.6 is 0 Å². The molecule has 0 aromatic rings. The van der Waals surface area contributed by atoms with Crippen molar-refractivity contribution in [1.29, 1.82) is 0 Å². The van der Waals surface area contributed by atoms with Gasteiger partial charge in [0.15, 0.2) is 0 Å². The Bertz CT molecular complexity index is 436. The topological polar surface area (TPSA) is 108 Å². The second kappa shape index (κ2) is 9.61. The molecule has 4 N–H and O–H groups in total. The third-order valence-electron chi connectivity index (χ3n) is 3.07. The molecule has 0 unspecified atom stereocenters. The monoisotopic (exact) mass is 343 g/mol. The standard InChI is InChI=1S/C17H33N3O4/c1-16(2,3)11-13(21)20-12(7-8-14(22)23)15(24)18-9-10-19-17(4,5)6/h12,19H,7-11H2,1-6H3,(H,18,24)(H,20,21)(H,22,23)/t12-/m1/s1. The van der Waals surface area contributed by atoms with Gasteiger partial charge < -0.3 is 21.1 Å². The zero-order valence-electron chi connectivity index (χ0n) is 15.8. The molecular weight excluding hydrogens is 310 g/mol. The molecule has 0 aromatic heterocycles. The summed E-state index contributed by atoms with van der Waals surface area (Å²) in [4.78, 5) is 35.0. The summed E-state index contributed by atoms with van der Waals surface area (Å²) in [5.41, 5.74) is -0.247. The maximum atomic E-state index is 12.2. The average molecular weight is 343 g/mol. The van der Waals surface area contributed by atoms with Crippen LogP contribution in [0.3, 0.4) is 0 Å². The molecule has 0 radical (unpaired) electrons. The molecule has 0 aromatic carbocycles. The fourth-order valence-electron chi connectivity index (χ4n) is 2.01. The molecule has 0 rings (SSSR count). The average Bonchev–Trinajstić information content (AvgIpc) is 2.35. The Morgan fingerprint density at radius 3 is 2.04 bits per heavy atom. The van der Waals surface area contributed by atoms with Gasteiger partial charge in [0.2, 0.25) is 11.8 Å². The van der Waals surface area contributed by atoms with Gasteiger partial charge in [-0.2, -0.15) is 0 Å². The first-order chi connectivity index (χ1) is 10.8. The Balaban J connectivity index is 4.54. The highest BCUT2D eigenvalue weighted by Gasteiger charge is 2.24. The number of carboxylic acids is 1. The van der Waals surface area contributed by atoms with E-state index in [9.17, 15) is 14.4 Å². The zero-order chi connectivity index (χ0) is 19.0. The van der Waals surface area contributed by atoms with Gasteiger partial charge in [-0.3, -0.25) is 14.4 Å². The van der Waals surface area contributed by atoms with Crippen LogP contribution in [0.5, 0.6) is 0 Å². The van der Waals surface area contributed by atoms with Crippen LogP contribution in [0.4, 0.5) is 0 Å². The molecule has 0 fully saturated rings. The molecule has 0 spiro atoms. The lowest BCUT2D eigenvalue weighted by atomic mass is 9.91. The van der Waals surface area contributed by atoms with E-state index in [-0.39, 0.29) is 42.0 Å². The van der Waals surface area contributed by atoms with Crippen molar-refractivity contribution in [2.24, 2.45) is 5.41 Å². The van der Waals surface area contributed by atoms with Gasteiger partial charge in [-0.1, -0.05) is 20.8 Å². The molecule has 0 bridgehead atoms. The maximum absolute atomic E-state index is 12.2. The van der Waals surface area contributed by atoms with Gasteiger partial charge in [-0.25, -0.2) is 0 Å². The van der Waals surface area contributed by atoms with E-state index in [1.807, 2.05) is 41.5 Å². The van der Waals surface area contributed by atoms with Gasteiger partial charge in [-0.15, -0.1) is 0 Å². The van der Waals surface area contributed by atoms with Crippen molar-refractivity contribution in [2.45, 2.75) is 72.4 Å². The van der Waals surface area contributed by atoms with E-state index in [0.29, 0.717) is 13.1 Å². The molecule has 0 saturated carbocycles. The summed E-state index contributed by atoms with van der Waals surface area (Å²) in [6.45, 7) is 12.9. The lowest BCUT2D eigenvalue weighted by Gasteiger charge is -2.23. The van der Waals surface area contributed by atoms with Gasteiger partial charge in [0.25, 0.3) is 0 Å². The molecule has 24 heavy (non-hydrogen) atoms. The largest absolute Gasteiger partial charge is 0.481 e. The Hall–Kier alpha value is -1.63.